The number of hydrogen-bond donors (Lipinski definition) is 0. The van der Waals surface area contributed by atoms with Gasteiger partial charge in [0.2, 0.25) is 5.91 Å². The summed E-state index contributed by atoms with van der Waals surface area (Å²) < 4.78 is 53.1. The molecular formula is C26H33F3N2O6. The monoisotopic (exact) mass is 526 g/mol. The summed E-state index contributed by atoms with van der Waals surface area (Å²) in [5, 5.41) is 0. The molecule has 2 amide bonds. The number of rotatable bonds is 6. The van der Waals surface area contributed by atoms with Gasteiger partial charge < -0.3 is 24.0 Å². The van der Waals surface area contributed by atoms with Crippen molar-refractivity contribution < 1.29 is 41.8 Å². The Labute approximate surface area is 214 Å². The lowest BCUT2D eigenvalue weighted by atomic mass is 9.79. The number of fused-ring (bicyclic) bond motifs is 5. The number of methoxy groups -OCH3 is 1. The van der Waals surface area contributed by atoms with Crippen LogP contribution in [0.25, 0.3) is 0 Å². The van der Waals surface area contributed by atoms with E-state index in [-0.39, 0.29) is 38.8 Å². The summed E-state index contributed by atoms with van der Waals surface area (Å²) in [6, 6.07) is 2.58. The van der Waals surface area contributed by atoms with Gasteiger partial charge in [0.15, 0.2) is 0 Å². The second kappa shape index (κ2) is 10.2. The Hall–Kier alpha value is -2.66. The zero-order valence-corrected chi connectivity index (χ0v) is 20.0. The maximum absolute atomic E-state index is 13.7. The molecule has 1 aromatic carbocycles. The molecule has 0 spiro atoms. The molecule has 1 aliphatic carbocycles. The Morgan fingerprint density at radius 3 is 2.49 bits per heavy atom. The molecule has 3 fully saturated rings. The number of carbonyl (C=O) groups is 3. The molecule has 1 aromatic rings. The van der Waals surface area contributed by atoms with Gasteiger partial charge in [-0.3, -0.25) is 14.4 Å². The van der Waals surface area contributed by atoms with E-state index in [1.165, 1.54) is 24.1 Å². The topological polar surface area (TPSA) is 85.4 Å². The van der Waals surface area contributed by atoms with Crippen LogP contribution in [-0.2, 0) is 36.8 Å². The Kier molecular flexibility index (Phi) is 7.58. The molecule has 5 rings (SSSR count). The van der Waals surface area contributed by atoms with Crippen LogP contribution in [0.2, 0.25) is 0 Å². The molecule has 1 saturated carbocycles. The predicted molar refractivity (Wildman–Crippen MR) is 125 cm³/mol. The molecule has 8 nitrogen and oxygen atoms in total. The first-order valence-corrected chi connectivity index (χ1v) is 12.3. The number of benzene rings is 1. The van der Waals surface area contributed by atoms with Crippen molar-refractivity contribution in [1.82, 2.24) is 9.80 Å². The minimum Gasteiger partial charge on any atom is -0.406 e. The predicted octanol–water partition coefficient (Wildman–Crippen LogP) is 3.74. The third-order valence-electron chi connectivity index (χ3n) is 7.97. The van der Waals surface area contributed by atoms with Crippen molar-refractivity contribution in [2.45, 2.75) is 95.4 Å². The summed E-state index contributed by atoms with van der Waals surface area (Å²) in [6.45, 7) is 0.134. The smallest absolute Gasteiger partial charge is 0.406 e. The molecule has 4 aliphatic rings. The van der Waals surface area contributed by atoms with Gasteiger partial charge in [0.25, 0.3) is 11.7 Å². The van der Waals surface area contributed by atoms with Gasteiger partial charge in [0.05, 0.1) is 12.1 Å². The Morgan fingerprint density at radius 2 is 1.81 bits per heavy atom. The molecule has 0 radical (unpaired) electrons. The molecule has 37 heavy (non-hydrogen) atoms. The number of piperazine rings is 1. The fraction of sp³-hybridized carbons (Fsp3) is 0.654. The van der Waals surface area contributed by atoms with Crippen LogP contribution in [0, 0.1) is 0 Å². The highest BCUT2D eigenvalue weighted by molar-refractivity contribution is 6.39. The van der Waals surface area contributed by atoms with E-state index in [0.717, 1.165) is 24.8 Å². The van der Waals surface area contributed by atoms with Crippen molar-refractivity contribution in [1.29, 1.82) is 0 Å². The average molecular weight is 527 g/mol. The normalized spacial score (nSPS) is 26.2. The fourth-order valence-corrected chi connectivity index (χ4v) is 6.37. The van der Waals surface area contributed by atoms with Gasteiger partial charge in [-0.15, -0.1) is 13.2 Å². The number of Topliss-reactive ketones (excluding diaryl/α,β-unsaturated/α-hetero) is 1. The highest BCUT2D eigenvalue weighted by atomic mass is 19.4. The number of halogens is 3. The molecular weight excluding hydrogens is 493 g/mol. The molecule has 204 valence electrons. The number of amides is 2. The minimum atomic E-state index is -4.81. The second-order valence-electron chi connectivity index (χ2n) is 10.0. The summed E-state index contributed by atoms with van der Waals surface area (Å²) in [5.74, 6) is -1.90. The SMILES string of the molecule is C.COCOC1(C(=O)C(=O)N2C3CCC[C@@H]2[C@@H]2Cc4cc(OC(F)(F)F)ccc4CN2C3=O)CCCC1. The molecule has 3 aliphatic heterocycles. The third kappa shape index (κ3) is 4.95. The largest absolute Gasteiger partial charge is 0.573 e. The van der Waals surface area contributed by atoms with E-state index < -0.39 is 41.8 Å². The summed E-state index contributed by atoms with van der Waals surface area (Å²) in [6.07, 6.45) is -0.398. The van der Waals surface area contributed by atoms with E-state index >= 15 is 0 Å². The van der Waals surface area contributed by atoms with E-state index in [9.17, 15) is 27.6 Å². The summed E-state index contributed by atoms with van der Waals surface area (Å²) >= 11 is 0. The molecule has 1 unspecified atom stereocenters. The van der Waals surface area contributed by atoms with Crippen LogP contribution >= 0.6 is 0 Å². The van der Waals surface area contributed by atoms with Gasteiger partial charge in [-0.25, -0.2) is 0 Å². The van der Waals surface area contributed by atoms with Crippen LogP contribution < -0.4 is 4.74 Å². The Balaban J connectivity index is 0.00000320. The van der Waals surface area contributed by atoms with Gasteiger partial charge in [0, 0.05) is 13.7 Å². The van der Waals surface area contributed by atoms with Crippen molar-refractivity contribution >= 4 is 17.6 Å². The van der Waals surface area contributed by atoms with Crippen molar-refractivity contribution in [2.24, 2.45) is 0 Å². The molecule has 2 saturated heterocycles. The molecule has 2 bridgehead atoms. The molecule has 3 atom stereocenters. The van der Waals surface area contributed by atoms with Crippen LogP contribution in [0.5, 0.6) is 5.75 Å². The lowest BCUT2D eigenvalue weighted by molar-refractivity contribution is -0.274. The number of alkyl halides is 3. The van der Waals surface area contributed by atoms with Crippen molar-refractivity contribution in [2.75, 3.05) is 13.9 Å². The number of ketones is 1. The molecule has 0 aromatic heterocycles. The zero-order chi connectivity index (χ0) is 25.7. The van der Waals surface area contributed by atoms with Gasteiger partial charge in [-0.2, -0.15) is 0 Å². The van der Waals surface area contributed by atoms with E-state index in [1.807, 2.05) is 0 Å². The standard InChI is InChI=1S/C25H29F3N2O6.CH4/c1-34-14-35-24(9-2-3-10-24)21(31)23(33)30-18-5-4-6-19(30)22(32)29-13-15-7-8-17(36-25(26,27)28)11-16(15)12-20(18)29;/h7-8,11,18-20H,2-6,9-10,12-14H2,1H3;1H4/t18-,19?,20+;/m1./s1. The maximum atomic E-state index is 13.7. The zero-order valence-electron chi connectivity index (χ0n) is 20.0. The molecule has 3 heterocycles. The number of hydrogen-bond acceptors (Lipinski definition) is 6. The van der Waals surface area contributed by atoms with Crippen LogP contribution in [-0.4, -0.2) is 71.4 Å². The lowest BCUT2D eigenvalue weighted by Crippen LogP contribution is -2.72. The van der Waals surface area contributed by atoms with Crippen molar-refractivity contribution in [3.8, 4) is 5.75 Å². The van der Waals surface area contributed by atoms with Gasteiger partial charge in [-0.05, 0) is 74.6 Å². The van der Waals surface area contributed by atoms with Crippen LogP contribution in [0.15, 0.2) is 18.2 Å². The first-order chi connectivity index (χ1) is 17.1. The number of nitrogens with zero attached hydrogens (tertiary/aromatic N) is 2. The van der Waals surface area contributed by atoms with Crippen LogP contribution in [0.3, 0.4) is 0 Å². The van der Waals surface area contributed by atoms with Crippen molar-refractivity contribution in [3.63, 3.8) is 0 Å². The second-order valence-corrected chi connectivity index (χ2v) is 10.0. The minimum absolute atomic E-state index is 0. The van der Waals surface area contributed by atoms with Gasteiger partial charge in [0.1, 0.15) is 24.2 Å². The number of piperidine rings is 1. The summed E-state index contributed by atoms with van der Waals surface area (Å²) in [5.41, 5.74) is 0.148. The molecule has 0 N–H and O–H groups in total. The lowest BCUT2D eigenvalue weighted by Gasteiger charge is -2.55. The first kappa shape index (κ1) is 27.4. The van der Waals surface area contributed by atoms with E-state index in [0.29, 0.717) is 31.2 Å². The average Bonchev–Trinajstić information content (AvgIpc) is 3.33. The first-order valence-electron chi connectivity index (χ1n) is 12.3. The van der Waals surface area contributed by atoms with E-state index in [1.54, 1.807) is 11.0 Å². The third-order valence-corrected chi connectivity index (χ3v) is 7.97. The van der Waals surface area contributed by atoms with Gasteiger partial charge in [-0.1, -0.05) is 13.5 Å². The van der Waals surface area contributed by atoms with Crippen LogP contribution in [0.1, 0.15) is 63.5 Å². The van der Waals surface area contributed by atoms with E-state index in [2.05, 4.69) is 4.74 Å². The highest BCUT2D eigenvalue weighted by Gasteiger charge is 2.55. The number of ether oxygens (including phenoxy) is 3. The molecule has 11 heteroatoms. The van der Waals surface area contributed by atoms with Crippen LogP contribution in [0.4, 0.5) is 13.2 Å². The Morgan fingerprint density at radius 1 is 1.08 bits per heavy atom. The quantitative estimate of drug-likeness (QED) is 0.415. The maximum Gasteiger partial charge on any atom is 0.573 e. The number of carbonyl (C=O) groups excluding carboxylic acids is 3. The fourth-order valence-electron chi connectivity index (χ4n) is 6.37. The highest BCUT2D eigenvalue weighted by Crippen LogP contribution is 2.41. The summed E-state index contributed by atoms with van der Waals surface area (Å²) in [4.78, 5) is 43.9. The van der Waals surface area contributed by atoms with Crippen molar-refractivity contribution in [3.05, 3.63) is 29.3 Å². The Bertz CT molecular complexity index is 1060. The summed E-state index contributed by atoms with van der Waals surface area (Å²) in [7, 11) is 1.45. The van der Waals surface area contributed by atoms with Gasteiger partial charge >= 0.3 is 6.36 Å². The van der Waals surface area contributed by atoms with E-state index in [4.69, 9.17) is 9.47 Å².